The van der Waals surface area contributed by atoms with Crippen molar-refractivity contribution in [1.29, 1.82) is 0 Å². The summed E-state index contributed by atoms with van der Waals surface area (Å²) in [4.78, 5) is 6.61. The average molecular weight is 259 g/mol. The second-order valence-electron chi connectivity index (χ2n) is 4.87. The minimum atomic E-state index is -0.178. The minimum Gasteiger partial charge on any atom is -0.392 e. The van der Waals surface area contributed by atoms with E-state index in [4.69, 9.17) is 4.52 Å². The standard InChI is InChI=1S/C14H17N3O2/c18-12-6-8-17(10-12)9-7-13-15-14(16-19-13)11-4-2-1-3-5-11/h1-5,12,18H,6-10H2/t12-/m0/s1. The van der Waals surface area contributed by atoms with E-state index in [9.17, 15) is 5.11 Å². The molecule has 1 atom stereocenters. The van der Waals surface area contributed by atoms with Crippen LogP contribution in [0.2, 0.25) is 0 Å². The number of aromatic nitrogens is 2. The molecule has 1 aromatic heterocycles. The zero-order chi connectivity index (χ0) is 13.1. The number of nitrogens with zero attached hydrogens (tertiary/aromatic N) is 3. The van der Waals surface area contributed by atoms with Crippen molar-refractivity contribution in [2.75, 3.05) is 19.6 Å². The lowest BCUT2D eigenvalue weighted by molar-refractivity contribution is 0.175. The average Bonchev–Trinajstić information content (AvgIpc) is 3.06. The lowest BCUT2D eigenvalue weighted by atomic mass is 10.2. The molecule has 0 unspecified atom stereocenters. The van der Waals surface area contributed by atoms with Gasteiger partial charge in [0.25, 0.3) is 0 Å². The van der Waals surface area contributed by atoms with Gasteiger partial charge in [0, 0.05) is 31.6 Å². The quantitative estimate of drug-likeness (QED) is 0.898. The molecule has 5 heteroatoms. The highest BCUT2D eigenvalue weighted by Gasteiger charge is 2.20. The van der Waals surface area contributed by atoms with Crippen LogP contribution in [0, 0.1) is 0 Å². The molecule has 1 aliphatic heterocycles. The Bertz CT molecular complexity index is 526. The second-order valence-corrected chi connectivity index (χ2v) is 4.87. The van der Waals surface area contributed by atoms with Crippen LogP contribution in [0.25, 0.3) is 11.4 Å². The SMILES string of the molecule is O[C@H]1CCN(CCc2nc(-c3ccccc3)no2)C1. The molecule has 0 bridgehead atoms. The molecule has 0 radical (unpaired) electrons. The third-order valence-electron chi connectivity index (χ3n) is 3.39. The number of aliphatic hydroxyl groups excluding tert-OH is 1. The predicted octanol–water partition coefficient (Wildman–Crippen LogP) is 1.35. The van der Waals surface area contributed by atoms with Gasteiger partial charge in [-0.05, 0) is 6.42 Å². The van der Waals surface area contributed by atoms with Gasteiger partial charge in [-0.3, -0.25) is 0 Å². The lowest BCUT2D eigenvalue weighted by Crippen LogP contribution is -2.24. The molecule has 3 rings (SSSR count). The van der Waals surface area contributed by atoms with Crippen molar-refractivity contribution in [2.24, 2.45) is 0 Å². The number of β-amino-alcohol motifs (C(OH)–C–C–N with tert-alkyl or cyclic N) is 1. The first-order valence-electron chi connectivity index (χ1n) is 6.60. The zero-order valence-corrected chi connectivity index (χ0v) is 10.7. The summed E-state index contributed by atoms with van der Waals surface area (Å²) in [7, 11) is 0. The van der Waals surface area contributed by atoms with E-state index in [1.54, 1.807) is 0 Å². The van der Waals surface area contributed by atoms with Gasteiger partial charge >= 0.3 is 0 Å². The molecule has 0 saturated carbocycles. The van der Waals surface area contributed by atoms with Crippen LogP contribution >= 0.6 is 0 Å². The molecule has 0 spiro atoms. The first-order chi connectivity index (χ1) is 9.31. The summed E-state index contributed by atoms with van der Waals surface area (Å²) in [6.45, 7) is 2.55. The van der Waals surface area contributed by atoms with E-state index in [0.717, 1.165) is 38.0 Å². The Hall–Kier alpha value is -1.72. The molecule has 1 aliphatic rings. The number of hydrogen-bond acceptors (Lipinski definition) is 5. The van der Waals surface area contributed by atoms with Crippen LogP contribution < -0.4 is 0 Å². The Morgan fingerprint density at radius 2 is 2.16 bits per heavy atom. The summed E-state index contributed by atoms with van der Waals surface area (Å²) in [6, 6.07) is 9.80. The van der Waals surface area contributed by atoms with Crippen LogP contribution in [-0.2, 0) is 6.42 Å². The highest BCUT2D eigenvalue weighted by Crippen LogP contribution is 2.15. The third kappa shape index (κ3) is 3.00. The molecule has 1 fully saturated rings. The van der Waals surface area contributed by atoms with E-state index < -0.39 is 0 Å². The van der Waals surface area contributed by atoms with E-state index >= 15 is 0 Å². The van der Waals surface area contributed by atoms with Crippen molar-refractivity contribution in [3.63, 3.8) is 0 Å². The smallest absolute Gasteiger partial charge is 0.228 e. The van der Waals surface area contributed by atoms with Crippen LogP contribution in [0.5, 0.6) is 0 Å². The molecular weight excluding hydrogens is 242 g/mol. The summed E-state index contributed by atoms with van der Waals surface area (Å²) in [6.07, 6.45) is 1.41. The number of hydrogen-bond donors (Lipinski definition) is 1. The van der Waals surface area contributed by atoms with Crippen LogP contribution in [-0.4, -0.2) is 45.9 Å². The van der Waals surface area contributed by atoms with Gasteiger partial charge < -0.3 is 14.5 Å². The lowest BCUT2D eigenvalue weighted by Gasteiger charge is -2.12. The van der Waals surface area contributed by atoms with Gasteiger partial charge in [0.1, 0.15) is 0 Å². The summed E-state index contributed by atoms with van der Waals surface area (Å²) in [5, 5.41) is 13.4. The zero-order valence-electron chi connectivity index (χ0n) is 10.7. The van der Waals surface area contributed by atoms with E-state index in [0.29, 0.717) is 11.7 Å². The predicted molar refractivity (Wildman–Crippen MR) is 70.5 cm³/mol. The number of benzene rings is 1. The maximum absolute atomic E-state index is 9.46. The molecule has 5 nitrogen and oxygen atoms in total. The normalized spacial score (nSPS) is 19.9. The minimum absolute atomic E-state index is 0.178. The van der Waals surface area contributed by atoms with Crippen LogP contribution in [0.15, 0.2) is 34.9 Å². The Kier molecular flexibility index (Phi) is 3.57. The van der Waals surface area contributed by atoms with E-state index in [-0.39, 0.29) is 6.10 Å². The first-order valence-corrected chi connectivity index (χ1v) is 6.60. The molecule has 100 valence electrons. The van der Waals surface area contributed by atoms with Gasteiger partial charge in [-0.1, -0.05) is 35.5 Å². The fraction of sp³-hybridized carbons (Fsp3) is 0.429. The van der Waals surface area contributed by atoms with Crippen LogP contribution in [0.4, 0.5) is 0 Å². The van der Waals surface area contributed by atoms with Crippen molar-refractivity contribution in [3.8, 4) is 11.4 Å². The fourth-order valence-electron chi connectivity index (χ4n) is 2.33. The van der Waals surface area contributed by atoms with Gasteiger partial charge in [0.05, 0.1) is 6.10 Å². The maximum atomic E-state index is 9.46. The molecule has 0 aliphatic carbocycles. The van der Waals surface area contributed by atoms with Crippen molar-refractivity contribution in [2.45, 2.75) is 18.9 Å². The van der Waals surface area contributed by atoms with Gasteiger partial charge in [-0.15, -0.1) is 0 Å². The molecule has 2 aromatic rings. The highest BCUT2D eigenvalue weighted by atomic mass is 16.5. The molecule has 1 saturated heterocycles. The largest absolute Gasteiger partial charge is 0.392 e. The summed E-state index contributed by atoms with van der Waals surface area (Å²) in [5.74, 6) is 1.29. The van der Waals surface area contributed by atoms with Crippen LogP contribution in [0.1, 0.15) is 12.3 Å². The molecule has 0 amide bonds. The molecular formula is C14H17N3O2. The Morgan fingerprint density at radius 3 is 2.89 bits per heavy atom. The van der Waals surface area contributed by atoms with Gasteiger partial charge in [-0.25, -0.2) is 0 Å². The van der Waals surface area contributed by atoms with Crippen LogP contribution in [0.3, 0.4) is 0 Å². The highest BCUT2D eigenvalue weighted by molar-refractivity contribution is 5.53. The Labute approximate surface area is 111 Å². The van der Waals surface area contributed by atoms with Gasteiger partial charge in [-0.2, -0.15) is 4.98 Å². The van der Waals surface area contributed by atoms with Gasteiger partial charge in [0.15, 0.2) is 0 Å². The van der Waals surface area contributed by atoms with E-state index in [1.807, 2.05) is 30.3 Å². The van der Waals surface area contributed by atoms with Crippen molar-refractivity contribution >= 4 is 0 Å². The number of aliphatic hydroxyl groups is 1. The second kappa shape index (κ2) is 5.50. The topological polar surface area (TPSA) is 62.4 Å². The summed E-state index contributed by atoms with van der Waals surface area (Å²) < 4.78 is 5.26. The fourth-order valence-corrected chi connectivity index (χ4v) is 2.33. The summed E-state index contributed by atoms with van der Waals surface area (Å²) in [5.41, 5.74) is 0.967. The van der Waals surface area contributed by atoms with Crippen molar-refractivity contribution < 1.29 is 9.63 Å². The van der Waals surface area contributed by atoms with Crippen molar-refractivity contribution in [1.82, 2.24) is 15.0 Å². The Morgan fingerprint density at radius 1 is 1.32 bits per heavy atom. The number of likely N-dealkylation sites (tertiary alicyclic amines) is 1. The number of rotatable bonds is 4. The first kappa shape index (κ1) is 12.3. The molecule has 2 heterocycles. The molecule has 1 N–H and O–H groups in total. The molecule has 19 heavy (non-hydrogen) atoms. The van der Waals surface area contributed by atoms with E-state index in [2.05, 4.69) is 15.0 Å². The maximum Gasteiger partial charge on any atom is 0.228 e. The van der Waals surface area contributed by atoms with Gasteiger partial charge in [0.2, 0.25) is 11.7 Å². The summed E-state index contributed by atoms with van der Waals surface area (Å²) >= 11 is 0. The molecule has 1 aromatic carbocycles. The third-order valence-corrected chi connectivity index (χ3v) is 3.39. The van der Waals surface area contributed by atoms with Crippen molar-refractivity contribution in [3.05, 3.63) is 36.2 Å². The Balaban J connectivity index is 1.59. The van der Waals surface area contributed by atoms with E-state index in [1.165, 1.54) is 0 Å². The monoisotopic (exact) mass is 259 g/mol.